The van der Waals surface area contributed by atoms with Gasteiger partial charge in [0, 0.05) is 24.8 Å². The van der Waals surface area contributed by atoms with Gasteiger partial charge in [-0.15, -0.1) is 0 Å². The van der Waals surface area contributed by atoms with Crippen LogP contribution < -0.4 is 21.2 Å². The van der Waals surface area contributed by atoms with Crippen LogP contribution in [0.5, 0.6) is 5.75 Å². The summed E-state index contributed by atoms with van der Waals surface area (Å²) in [5.41, 5.74) is 4.14. The molecule has 4 aromatic rings. The first kappa shape index (κ1) is 35.1. The minimum Gasteiger partial charge on any atom is -0.489 e. The van der Waals surface area contributed by atoms with Gasteiger partial charge in [0.05, 0.1) is 24.9 Å². The van der Waals surface area contributed by atoms with E-state index in [1.54, 1.807) is 6.20 Å². The molecular weight excluding hydrogens is 594 g/mol. The zero-order chi connectivity index (χ0) is 33.8. The Hall–Kier alpha value is -4.77. The first-order valence-corrected chi connectivity index (χ1v) is 15.6. The summed E-state index contributed by atoms with van der Waals surface area (Å²) in [7, 11) is 1.24. The number of benzene rings is 3. The summed E-state index contributed by atoms with van der Waals surface area (Å²) in [5.74, 6) is 6.65. The van der Waals surface area contributed by atoms with Crippen molar-refractivity contribution in [3.05, 3.63) is 120 Å². The standard InChI is InChI=1S/C37H45N5O5/c1-37(2,3)34(41-36(45)46-4)35(44)40-32(22-26-15-19-30(20-16-26)47-25-28-10-6-5-7-11-28)33(43)24-42(38)23-27-13-17-29(18-14-27)31-12-8-9-21-39-31/h5-21,32-34,43H,22-25,38H2,1-4H3,(H,40,44)(H,41,45)/t32-,33-,34+/m0/s1. The highest BCUT2D eigenvalue weighted by Gasteiger charge is 2.35. The Morgan fingerprint density at radius 1 is 0.872 bits per heavy atom. The van der Waals surface area contributed by atoms with Gasteiger partial charge in [0.2, 0.25) is 5.91 Å². The monoisotopic (exact) mass is 639 g/mol. The number of aliphatic hydroxyl groups is 1. The maximum atomic E-state index is 13.6. The van der Waals surface area contributed by atoms with E-state index in [0.717, 1.165) is 27.9 Å². The molecule has 0 saturated carbocycles. The Morgan fingerprint density at radius 2 is 1.53 bits per heavy atom. The fourth-order valence-corrected chi connectivity index (χ4v) is 5.10. The summed E-state index contributed by atoms with van der Waals surface area (Å²) in [4.78, 5) is 30.1. The molecule has 3 aromatic carbocycles. The van der Waals surface area contributed by atoms with Crippen molar-refractivity contribution in [2.75, 3.05) is 13.7 Å². The van der Waals surface area contributed by atoms with Crippen LogP contribution in [-0.4, -0.2) is 58.9 Å². The van der Waals surface area contributed by atoms with Gasteiger partial charge < -0.3 is 25.2 Å². The number of rotatable bonds is 14. The van der Waals surface area contributed by atoms with E-state index >= 15 is 0 Å². The van der Waals surface area contributed by atoms with Crippen LogP contribution in [0.15, 0.2) is 103 Å². The van der Waals surface area contributed by atoms with Crippen LogP contribution in [0.2, 0.25) is 0 Å². The minimum absolute atomic E-state index is 0.0792. The maximum absolute atomic E-state index is 13.6. The maximum Gasteiger partial charge on any atom is 0.407 e. The summed E-state index contributed by atoms with van der Waals surface area (Å²) in [5, 5.41) is 18.6. The Labute approximate surface area is 276 Å². The SMILES string of the molecule is COC(=O)N[C@H](C(=O)N[C@@H](Cc1ccc(OCc2ccccc2)cc1)[C@@H](O)CN(N)Cc1ccc(-c2ccccn2)cc1)C(C)(C)C. The number of aromatic nitrogens is 1. The summed E-state index contributed by atoms with van der Waals surface area (Å²) >= 11 is 0. The normalized spacial score (nSPS) is 13.3. The Balaban J connectivity index is 1.45. The number of methoxy groups -OCH3 is 1. The molecule has 10 heteroatoms. The van der Waals surface area contributed by atoms with E-state index < -0.39 is 35.6 Å². The van der Waals surface area contributed by atoms with Crippen molar-refractivity contribution in [3.8, 4) is 17.0 Å². The van der Waals surface area contributed by atoms with Crippen LogP contribution in [0.3, 0.4) is 0 Å². The summed E-state index contributed by atoms with van der Waals surface area (Å²) in [6.45, 7) is 6.42. The highest BCUT2D eigenvalue weighted by molar-refractivity contribution is 5.86. The molecule has 47 heavy (non-hydrogen) atoms. The van der Waals surface area contributed by atoms with Crippen LogP contribution in [0, 0.1) is 5.41 Å². The van der Waals surface area contributed by atoms with Crippen molar-refractivity contribution in [2.24, 2.45) is 11.3 Å². The number of nitrogens with two attached hydrogens (primary N) is 1. The third kappa shape index (κ3) is 10.9. The van der Waals surface area contributed by atoms with Crippen molar-refractivity contribution in [3.63, 3.8) is 0 Å². The van der Waals surface area contributed by atoms with E-state index in [2.05, 4.69) is 15.6 Å². The largest absolute Gasteiger partial charge is 0.489 e. The molecule has 10 nitrogen and oxygen atoms in total. The number of pyridine rings is 1. The molecule has 0 saturated heterocycles. The lowest BCUT2D eigenvalue weighted by Gasteiger charge is -2.33. The van der Waals surface area contributed by atoms with Crippen molar-refractivity contribution in [2.45, 2.75) is 58.5 Å². The molecule has 4 rings (SSSR count). The van der Waals surface area contributed by atoms with Crippen LogP contribution in [0.25, 0.3) is 11.3 Å². The number of ether oxygens (including phenoxy) is 2. The Kier molecular flexibility index (Phi) is 12.5. The molecule has 5 N–H and O–H groups in total. The van der Waals surface area contributed by atoms with Crippen molar-refractivity contribution in [1.82, 2.24) is 20.6 Å². The van der Waals surface area contributed by atoms with Gasteiger partial charge in [0.15, 0.2) is 0 Å². The van der Waals surface area contributed by atoms with Crippen LogP contribution in [-0.2, 0) is 29.1 Å². The summed E-state index contributed by atoms with van der Waals surface area (Å²) in [6.07, 6.45) is 0.313. The minimum atomic E-state index is -1.04. The fourth-order valence-electron chi connectivity index (χ4n) is 5.10. The number of hydrogen-bond donors (Lipinski definition) is 4. The molecule has 0 unspecified atom stereocenters. The van der Waals surface area contributed by atoms with Gasteiger partial charge >= 0.3 is 6.09 Å². The molecule has 1 aromatic heterocycles. The molecular formula is C37H45N5O5. The third-order valence-corrected chi connectivity index (χ3v) is 7.72. The predicted molar refractivity (Wildman–Crippen MR) is 182 cm³/mol. The van der Waals surface area contributed by atoms with E-state index in [0.29, 0.717) is 25.3 Å². The lowest BCUT2D eigenvalue weighted by molar-refractivity contribution is -0.127. The van der Waals surface area contributed by atoms with Crippen molar-refractivity contribution >= 4 is 12.0 Å². The number of nitrogens with one attached hydrogen (secondary N) is 2. The molecule has 0 aliphatic carbocycles. The van der Waals surface area contributed by atoms with E-state index in [1.165, 1.54) is 12.1 Å². The highest BCUT2D eigenvalue weighted by atomic mass is 16.5. The van der Waals surface area contributed by atoms with E-state index in [4.69, 9.17) is 15.3 Å². The second-order valence-corrected chi connectivity index (χ2v) is 12.6. The zero-order valence-electron chi connectivity index (χ0n) is 27.4. The molecule has 0 aliphatic heterocycles. The molecule has 3 atom stereocenters. The van der Waals surface area contributed by atoms with Crippen molar-refractivity contribution < 1.29 is 24.2 Å². The highest BCUT2D eigenvalue weighted by Crippen LogP contribution is 2.22. The Morgan fingerprint density at radius 3 is 2.15 bits per heavy atom. The number of alkyl carbamates (subject to hydrolysis) is 1. The van der Waals surface area contributed by atoms with Gasteiger partial charge in [0.25, 0.3) is 0 Å². The molecule has 0 spiro atoms. The third-order valence-electron chi connectivity index (χ3n) is 7.72. The van der Waals surface area contributed by atoms with Gasteiger partial charge in [-0.3, -0.25) is 15.6 Å². The molecule has 0 radical (unpaired) electrons. The number of carbonyl (C=O) groups is 2. The lowest BCUT2D eigenvalue weighted by Crippen LogP contribution is -2.58. The number of amides is 2. The molecule has 248 valence electrons. The summed E-state index contributed by atoms with van der Waals surface area (Å²) in [6, 6.07) is 29.5. The molecule has 2 amide bonds. The Bertz CT molecular complexity index is 1540. The van der Waals surface area contributed by atoms with Gasteiger partial charge in [0.1, 0.15) is 18.4 Å². The molecule has 0 fully saturated rings. The zero-order valence-corrected chi connectivity index (χ0v) is 27.4. The van der Waals surface area contributed by atoms with Gasteiger partial charge in [-0.25, -0.2) is 9.80 Å². The predicted octanol–water partition coefficient (Wildman–Crippen LogP) is 4.86. The molecule has 1 heterocycles. The lowest BCUT2D eigenvalue weighted by atomic mass is 9.85. The van der Waals surface area contributed by atoms with Gasteiger partial charge in [-0.2, -0.15) is 0 Å². The number of nitrogens with zero attached hydrogens (tertiary/aromatic N) is 2. The number of hydrogen-bond acceptors (Lipinski definition) is 8. The van der Waals surface area contributed by atoms with E-state index in [9.17, 15) is 14.7 Å². The summed E-state index contributed by atoms with van der Waals surface area (Å²) < 4.78 is 10.7. The molecule has 0 aliphatic rings. The van der Waals surface area contributed by atoms with Crippen LogP contribution in [0.1, 0.15) is 37.5 Å². The second kappa shape index (κ2) is 16.7. The first-order chi connectivity index (χ1) is 22.5. The number of hydrazine groups is 1. The second-order valence-electron chi connectivity index (χ2n) is 12.6. The van der Waals surface area contributed by atoms with E-state index in [1.807, 2.05) is 118 Å². The average Bonchev–Trinajstić information content (AvgIpc) is 3.07. The first-order valence-electron chi connectivity index (χ1n) is 15.6. The number of carbonyl (C=O) groups excluding carboxylic acids is 2. The smallest absolute Gasteiger partial charge is 0.407 e. The quantitative estimate of drug-likeness (QED) is 0.113. The topological polar surface area (TPSA) is 139 Å². The van der Waals surface area contributed by atoms with E-state index in [-0.39, 0.29) is 6.54 Å². The van der Waals surface area contributed by atoms with Crippen LogP contribution >= 0.6 is 0 Å². The van der Waals surface area contributed by atoms with Crippen molar-refractivity contribution in [1.29, 1.82) is 0 Å². The average molecular weight is 640 g/mol. The fraction of sp³-hybridized carbons (Fsp3) is 0.324. The molecule has 0 bridgehead atoms. The number of aliphatic hydroxyl groups excluding tert-OH is 1. The van der Waals surface area contributed by atoms with Gasteiger partial charge in [-0.05, 0) is 52.8 Å². The van der Waals surface area contributed by atoms with Gasteiger partial charge in [-0.1, -0.05) is 93.6 Å². The van der Waals surface area contributed by atoms with Crippen LogP contribution in [0.4, 0.5) is 4.79 Å².